The maximum atomic E-state index is 11.5. The summed E-state index contributed by atoms with van der Waals surface area (Å²) >= 11 is 0. The Labute approximate surface area is 156 Å². The van der Waals surface area contributed by atoms with Gasteiger partial charge in [-0.1, -0.05) is 29.8 Å². The molecule has 144 valence electrons. The van der Waals surface area contributed by atoms with Gasteiger partial charge < -0.3 is 20.6 Å². The SMILES string of the molecule is CCNC(=NCC(O)c1ccc(C)cc1)N1CCC(CC(=O)NC)CC1. The van der Waals surface area contributed by atoms with Gasteiger partial charge in [0.25, 0.3) is 0 Å². The molecule has 0 saturated carbocycles. The van der Waals surface area contributed by atoms with Gasteiger partial charge in [-0.3, -0.25) is 9.79 Å². The van der Waals surface area contributed by atoms with E-state index in [0.717, 1.165) is 44.0 Å². The van der Waals surface area contributed by atoms with Crippen LogP contribution in [0.25, 0.3) is 0 Å². The lowest BCUT2D eigenvalue weighted by Crippen LogP contribution is -2.46. The van der Waals surface area contributed by atoms with Crippen LogP contribution >= 0.6 is 0 Å². The molecule has 0 spiro atoms. The number of carbonyl (C=O) groups is 1. The average molecular weight is 361 g/mol. The van der Waals surface area contributed by atoms with E-state index in [0.29, 0.717) is 18.9 Å². The fourth-order valence-electron chi connectivity index (χ4n) is 3.21. The zero-order valence-corrected chi connectivity index (χ0v) is 16.2. The Morgan fingerprint density at radius 3 is 2.54 bits per heavy atom. The zero-order valence-electron chi connectivity index (χ0n) is 16.2. The molecule has 1 atom stereocenters. The van der Waals surface area contributed by atoms with Crippen LogP contribution in [-0.4, -0.2) is 55.1 Å². The molecular formula is C20H32N4O2. The Morgan fingerprint density at radius 1 is 1.31 bits per heavy atom. The number of aliphatic hydroxyl groups is 1. The molecule has 1 aromatic carbocycles. The summed E-state index contributed by atoms with van der Waals surface area (Å²) in [6.07, 6.45) is 1.97. The molecule has 0 bridgehead atoms. The summed E-state index contributed by atoms with van der Waals surface area (Å²) in [5.74, 6) is 1.40. The predicted molar refractivity (Wildman–Crippen MR) is 105 cm³/mol. The number of rotatable bonds is 6. The monoisotopic (exact) mass is 360 g/mol. The van der Waals surface area contributed by atoms with Crippen molar-refractivity contribution < 1.29 is 9.90 Å². The smallest absolute Gasteiger partial charge is 0.220 e. The van der Waals surface area contributed by atoms with Gasteiger partial charge in [-0.2, -0.15) is 0 Å². The topological polar surface area (TPSA) is 77.0 Å². The predicted octanol–water partition coefficient (Wildman–Crippen LogP) is 1.84. The highest BCUT2D eigenvalue weighted by Gasteiger charge is 2.23. The first-order valence-corrected chi connectivity index (χ1v) is 9.52. The number of amides is 1. The first-order chi connectivity index (χ1) is 12.5. The number of nitrogens with one attached hydrogen (secondary N) is 2. The fourth-order valence-corrected chi connectivity index (χ4v) is 3.21. The quantitative estimate of drug-likeness (QED) is 0.534. The molecule has 1 unspecified atom stereocenters. The molecule has 0 aliphatic carbocycles. The largest absolute Gasteiger partial charge is 0.386 e. The minimum Gasteiger partial charge on any atom is -0.386 e. The lowest BCUT2D eigenvalue weighted by atomic mass is 9.93. The van der Waals surface area contributed by atoms with Crippen LogP contribution in [0.2, 0.25) is 0 Å². The third kappa shape index (κ3) is 6.02. The number of piperidine rings is 1. The van der Waals surface area contributed by atoms with Crippen LogP contribution in [0, 0.1) is 12.8 Å². The van der Waals surface area contributed by atoms with Crippen LogP contribution in [-0.2, 0) is 4.79 Å². The van der Waals surface area contributed by atoms with Gasteiger partial charge in [0.2, 0.25) is 5.91 Å². The van der Waals surface area contributed by atoms with Crippen molar-refractivity contribution in [3.8, 4) is 0 Å². The first-order valence-electron chi connectivity index (χ1n) is 9.52. The number of carbonyl (C=O) groups excluding carboxylic acids is 1. The van der Waals surface area contributed by atoms with E-state index >= 15 is 0 Å². The number of aliphatic hydroxyl groups excluding tert-OH is 1. The zero-order chi connectivity index (χ0) is 18.9. The molecule has 1 aliphatic heterocycles. The minimum absolute atomic E-state index is 0.116. The van der Waals surface area contributed by atoms with E-state index < -0.39 is 6.10 Å². The summed E-state index contributed by atoms with van der Waals surface area (Å²) in [6, 6.07) is 7.91. The van der Waals surface area contributed by atoms with E-state index in [1.54, 1.807) is 7.05 Å². The highest BCUT2D eigenvalue weighted by Crippen LogP contribution is 2.21. The van der Waals surface area contributed by atoms with E-state index in [2.05, 4.69) is 20.5 Å². The molecule has 1 saturated heterocycles. The molecule has 6 heteroatoms. The van der Waals surface area contributed by atoms with Gasteiger partial charge in [-0.25, -0.2) is 0 Å². The lowest BCUT2D eigenvalue weighted by Gasteiger charge is -2.34. The van der Waals surface area contributed by atoms with Crippen LogP contribution in [0.3, 0.4) is 0 Å². The normalized spacial score (nSPS) is 17.1. The van der Waals surface area contributed by atoms with Gasteiger partial charge in [0.05, 0.1) is 12.6 Å². The van der Waals surface area contributed by atoms with Crippen molar-refractivity contribution in [2.45, 2.75) is 39.2 Å². The Kier molecular flexibility index (Phi) is 7.91. The number of hydrogen-bond donors (Lipinski definition) is 3. The number of benzene rings is 1. The number of aliphatic imine (C=N–C) groups is 1. The van der Waals surface area contributed by atoms with Crippen molar-refractivity contribution in [1.82, 2.24) is 15.5 Å². The van der Waals surface area contributed by atoms with E-state index in [9.17, 15) is 9.90 Å². The Balaban J connectivity index is 1.92. The van der Waals surface area contributed by atoms with Crippen molar-refractivity contribution >= 4 is 11.9 Å². The minimum atomic E-state index is -0.602. The second-order valence-corrected chi connectivity index (χ2v) is 6.93. The van der Waals surface area contributed by atoms with Crippen LogP contribution in [0.5, 0.6) is 0 Å². The summed E-state index contributed by atoms with van der Waals surface area (Å²) in [4.78, 5) is 18.4. The summed E-state index contributed by atoms with van der Waals surface area (Å²) in [5.41, 5.74) is 2.07. The van der Waals surface area contributed by atoms with Gasteiger partial charge in [0.15, 0.2) is 5.96 Å². The van der Waals surface area contributed by atoms with Gasteiger partial charge in [-0.15, -0.1) is 0 Å². The highest BCUT2D eigenvalue weighted by atomic mass is 16.3. The van der Waals surface area contributed by atoms with E-state index in [1.807, 2.05) is 38.1 Å². The van der Waals surface area contributed by atoms with Crippen LogP contribution in [0.15, 0.2) is 29.3 Å². The third-order valence-corrected chi connectivity index (χ3v) is 4.88. The standard InChI is InChI=1S/C20H32N4O2/c1-4-22-20(23-14-18(25)17-7-5-15(2)6-8-17)24-11-9-16(10-12-24)13-19(26)21-3/h5-8,16,18,25H,4,9-14H2,1-3H3,(H,21,26)(H,22,23). The molecule has 1 amide bonds. The summed E-state index contributed by atoms with van der Waals surface area (Å²) in [7, 11) is 1.69. The summed E-state index contributed by atoms with van der Waals surface area (Å²) < 4.78 is 0. The molecule has 2 rings (SSSR count). The van der Waals surface area contributed by atoms with Crippen molar-refractivity contribution in [2.24, 2.45) is 10.9 Å². The number of guanidine groups is 1. The van der Waals surface area contributed by atoms with Gasteiger partial charge in [-0.05, 0) is 38.2 Å². The molecule has 6 nitrogen and oxygen atoms in total. The Morgan fingerprint density at radius 2 is 1.96 bits per heavy atom. The van der Waals surface area contributed by atoms with Crippen molar-refractivity contribution in [3.05, 3.63) is 35.4 Å². The van der Waals surface area contributed by atoms with Gasteiger partial charge in [0.1, 0.15) is 0 Å². The van der Waals surface area contributed by atoms with Crippen molar-refractivity contribution in [1.29, 1.82) is 0 Å². The van der Waals surface area contributed by atoms with E-state index in [4.69, 9.17) is 0 Å². The molecule has 1 fully saturated rings. The number of aryl methyl sites for hydroxylation is 1. The Bertz CT molecular complexity index is 592. The maximum Gasteiger partial charge on any atom is 0.220 e. The van der Waals surface area contributed by atoms with Crippen LogP contribution < -0.4 is 10.6 Å². The van der Waals surface area contributed by atoms with Gasteiger partial charge in [0, 0.05) is 33.1 Å². The fraction of sp³-hybridized carbons (Fsp3) is 0.600. The molecule has 0 aromatic heterocycles. The lowest BCUT2D eigenvalue weighted by molar-refractivity contribution is -0.121. The highest BCUT2D eigenvalue weighted by molar-refractivity contribution is 5.80. The molecule has 3 N–H and O–H groups in total. The second kappa shape index (κ2) is 10.2. The number of hydrogen-bond acceptors (Lipinski definition) is 3. The average Bonchev–Trinajstić information content (AvgIpc) is 2.66. The second-order valence-electron chi connectivity index (χ2n) is 6.93. The summed E-state index contributed by atoms with van der Waals surface area (Å²) in [5, 5.41) is 16.4. The van der Waals surface area contributed by atoms with Crippen LogP contribution in [0.1, 0.15) is 43.4 Å². The van der Waals surface area contributed by atoms with E-state index in [1.165, 1.54) is 5.56 Å². The summed E-state index contributed by atoms with van der Waals surface area (Å²) in [6.45, 7) is 6.97. The van der Waals surface area contributed by atoms with Crippen molar-refractivity contribution in [3.63, 3.8) is 0 Å². The number of nitrogens with zero attached hydrogens (tertiary/aromatic N) is 2. The molecule has 0 radical (unpaired) electrons. The van der Waals surface area contributed by atoms with Gasteiger partial charge >= 0.3 is 0 Å². The third-order valence-electron chi connectivity index (χ3n) is 4.88. The van der Waals surface area contributed by atoms with Crippen LogP contribution in [0.4, 0.5) is 0 Å². The van der Waals surface area contributed by atoms with Crippen molar-refractivity contribution in [2.75, 3.05) is 33.2 Å². The molecule has 26 heavy (non-hydrogen) atoms. The Hall–Kier alpha value is -2.08. The first kappa shape index (κ1) is 20.2. The molecule has 1 aliphatic rings. The maximum absolute atomic E-state index is 11.5. The molecular weight excluding hydrogens is 328 g/mol. The number of likely N-dealkylation sites (tertiary alicyclic amines) is 1. The molecule has 1 heterocycles. The molecule has 1 aromatic rings. The van der Waals surface area contributed by atoms with E-state index in [-0.39, 0.29) is 5.91 Å².